The zero-order valence-electron chi connectivity index (χ0n) is 11.3. The maximum Gasteiger partial charge on any atom is 0.339 e. The first-order chi connectivity index (χ1) is 9.83. The first kappa shape index (κ1) is 14.9. The van der Waals surface area contributed by atoms with Crippen LogP contribution in [0.15, 0.2) is 35.4 Å². The molecule has 2 N–H and O–H groups in total. The van der Waals surface area contributed by atoms with E-state index < -0.39 is 16.0 Å². The van der Waals surface area contributed by atoms with Crippen LogP contribution in [0.25, 0.3) is 0 Å². The van der Waals surface area contributed by atoms with E-state index in [1.165, 1.54) is 30.0 Å². The number of hydrogen-bond donors (Lipinski definition) is 2. The number of aryl methyl sites for hydroxylation is 1. The molecule has 0 aliphatic heterocycles. The lowest BCUT2D eigenvalue weighted by molar-refractivity contribution is 0.0693. The number of carboxylic acids is 1. The number of ether oxygens (including phenoxy) is 1. The maximum atomic E-state index is 12.2. The molecule has 0 fully saturated rings. The second-order valence-electron chi connectivity index (χ2n) is 4.15. The molecule has 0 radical (unpaired) electrons. The van der Waals surface area contributed by atoms with Gasteiger partial charge >= 0.3 is 5.97 Å². The van der Waals surface area contributed by atoms with Crippen LogP contribution in [-0.2, 0) is 17.1 Å². The first-order valence-electron chi connectivity index (χ1n) is 5.77. The second kappa shape index (κ2) is 5.44. The first-order valence-corrected chi connectivity index (χ1v) is 7.25. The summed E-state index contributed by atoms with van der Waals surface area (Å²) in [6.45, 7) is 0. The summed E-state index contributed by atoms with van der Waals surface area (Å²) in [5.74, 6) is -1.05. The molecule has 0 unspecified atom stereocenters. The van der Waals surface area contributed by atoms with E-state index in [1.807, 2.05) is 0 Å². The number of nitrogens with zero attached hydrogens (tertiary/aromatic N) is 2. The SMILES string of the molecule is COc1ccc(S(=O)(=O)Nc2ccn(C)n2)cc1C(=O)O. The molecule has 0 aliphatic carbocycles. The second-order valence-corrected chi connectivity index (χ2v) is 5.83. The molecule has 1 heterocycles. The summed E-state index contributed by atoms with van der Waals surface area (Å²) in [5.41, 5.74) is -0.235. The number of carbonyl (C=O) groups is 1. The van der Waals surface area contributed by atoms with Crippen LogP contribution in [0.2, 0.25) is 0 Å². The van der Waals surface area contributed by atoms with E-state index in [1.54, 1.807) is 13.2 Å². The van der Waals surface area contributed by atoms with Gasteiger partial charge in [0.25, 0.3) is 10.0 Å². The van der Waals surface area contributed by atoms with Crippen LogP contribution in [-0.4, -0.2) is 36.4 Å². The number of anilines is 1. The molecule has 8 nitrogen and oxygen atoms in total. The Balaban J connectivity index is 2.40. The summed E-state index contributed by atoms with van der Waals surface area (Å²) >= 11 is 0. The predicted molar refractivity (Wildman–Crippen MR) is 74.0 cm³/mol. The molecular weight excluding hydrogens is 298 g/mol. The minimum Gasteiger partial charge on any atom is -0.496 e. The van der Waals surface area contributed by atoms with E-state index in [0.717, 1.165) is 6.07 Å². The molecule has 0 amide bonds. The number of aromatic carboxylic acids is 1. The normalized spacial score (nSPS) is 11.1. The molecule has 0 saturated carbocycles. The van der Waals surface area contributed by atoms with Crippen LogP contribution >= 0.6 is 0 Å². The molecular formula is C12H13N3O5S. The molecule has 2 aromatic rings. The van der Waals surface area contributed by atoms with Crippen LogP contribution in [0.4, 0.5) is 5.82 Å². The number of benzene rings is 1. The van der Waals surface area contributed by atoms with E-state index in [2.05, 4.69) is 9.82 Å². The maximum absolute atomic E-state index is 12.2. The number of carboxylic acid groups (broad SMARTS) is 1. The van der Waals surface area contributed by atoms with E-state index in [-0.39, 0.29) is 22.0 Å². The monoisotopic (exact) mass is 311 g/mol. The fourth-order valence-corrected chi connectivity index (χ4v) is 2.71. The molecule has 0 spiro atoms. The Bertz CT molecular complexity index is 782. The Kier molecular flexibility index (Phi) is 3.85. The molecule has 21 heavy (non-hydrogen) atoms. The lowest BCUT2D eigenvalue weighted by Crippen LogP contribution is -2.14. The third-order valence-corrected chi connectivity index (χ3v) is 4.02. The highest BCUT2D eigenvalue weighted by Crippen LogP contribution is 2.23. The summed E-state index contributed by atoms with van der Waals surface area (Å²) in [7, 11) is -0.972. The Morgan fingerprint density at radius 1 is 1.38 bits per heavy atom. The summed E-state index contributed by atoms with van der Waals surface area (Å²) < 4.78 is 33.0. The van der Waals surface area contributed by atoms with Crippen molar-refractivity contribution in [2.45, 2.75) is 4.90 Å². The average molecular weight is 311 g/mol. The highest BCUT2D eigenvalue weighted by Gasteiger charge is 2.20. The average Bonchev–Trinajstić information content (AvgIpc) is 2.82. The van der Waals surface area contributed by atoms with Gasteiger partial charge in [-0.15, -0.1) is 0 Å². The van der Waals surface area contributed by atoms with Gasteiger partial charge in [-0.3, -0.25) is 9.40 Å². The van der Waals surface area contributed by atoms with Crippen molar-refractivity contribution in [3.8, 4) is 5.75 Å². The summed E-state index contributed by atoms with van der Waals surface area (Å²) in [5, 5.41) is 13.0. The van der Waals surface area contributed by atoms with Gasteiger partial charge in [-0.1, -0.05) is 0 Å². The Morgan fingerprint density at radius 2 is 2.10 bits per heavy atom. The molecule has 9 heteroatoms. The molecule has 0 saturated heterocycles. The van der Waals surface area contributed by atoms with Gasteiger partial charge < -0.3 is 9.84 Å². The smallest absolute Gasteiger partial charge is 0.339 e. The van der Waals surface area contributed by atoms with E-state index in [9.17, 15) is 13.2 Å². The largest absolute Gasteiger partial charge is 0.496 e. The highest BCUT2D eigenvalue weighted by molar-refractivity contribution is 7.92. The fourth-order valence-electron chi connectivity index (χ4n) is 1.69. The molecule has 0 atom stereocenters. The highest BCUT2D eigenvalue weighted by atomic mass is 32.2. The van der Waals surface area contributed by atoms with Gasteiger partial charge in [0, 0.05) is 19.3 Å². The van der Waals surface area contributed by atoms with Gasteiger partial charge in [-0.25, -0.2) is 13.2 Å². The third kappa shape index (κ3) is 3.14. The molecule has 112 valence electrons. The molecule has 1 aromatic carbocycles. The number of nitrogens with one attached hydrogen (secondary N) is 1. The van der Waals surface area contributed by atoms with Gasteiger partial charge in [0.15, 0.2) is 5.82 Å². The van der Waals surface area contributed by atoms with Crippen molar-refractivity contribution in [3.05, 3.63) is 36.0 Å². The topological polar surface area (TPSA) is 111 Å². The van der Waals surface area contributed by atoms with Crippen molar-refractivity contribution in [2.75, 3.05) is 11.8 Å². The van der Waals surface area contributed by atoms with Crippen molar-refractivity contribution in [3.63, 3.8) is 0 Å². The predicted octanol–water partition coefficient (Wildman–Crippen LogP) is 0.928. The van der Waals surface area contributed by atoms with Crippen LogP contribution in [0.1, 0.15) is 10.4 Å². The van der Waals surface area contributed by atoms with Crippen LogP contribution in [0.3, 0.4) is 0 Å². The van der Waals surface area contributed by atoms with E-state index in [0.29, 0.717) is 0 Å². The standard InChI is InChI=1S/C12H13N3O5S/c1-15-6-5-11(13-15)14-21(18,19)8-3-4-10(20-2)9(7-8)12(16)17/h3-7H,1-2H3,(H,13,14)(H,16,17). The van der Waals surface area contributed by atoms with Crippen LogP contribution < -0.4 is 9.46 Å². The fraction of sp³-hybridized carbons (Fsp3) is 0.167. The Labute approximate surface area is 121 Å². The van der Waals surface area contributed by atoms with Crippen molar-refractivity contribution < 1.29 is 23.1 Å². The molecule has 0 aliphatic rings. The van der Waals surface area contributed by atoms with Crippen molar-refractivity contribution >= 4 is 21.8 Å². The zero-order chi connectivity index (χ0) is 15.6. The van der Waals surface area contributed by atoms with Gasteiger partial charge in [0.05, 0.1) is 12.0 Å². The van der Waals surface area contributed by atoms with Crippen molar-refractivity contribution in [2.24, 2.45) is 7.05 Å². The van der Waals surface area contributed by atoms with Gasteiger partial charge in [0.1, 0.15) is 11.3 Å². The van der Waals surface area contributed by atoms with Crippen LogP contribution in [0, 0.1) is 0 Å². The van der Waals surface area contributed by atoms with Gasteiger partial charge in [-0.05, 0) is 18.2 Å². The number of sulfonamides is 1. The number of methoxy groups -OCH3 is 1. The summed E-state index contributed by atoms with van der Waals surface area (Å²) in [6.07, 6.45) is 1.58. The number of hydrogen-bond acceptors (Lipinski definition) is 5. The molecule has 0 bridgehead atoms. The van der Waals surface area contributed by atoms with Crippen LogP contribution in [0.5, 0.6) is 5.75 Å². The summed E-state index contributed by atoms with van der Waals surface area (Å²) in [4.78, 5) is 10.9. The quantitative estimate of drug-likeness (QED) is 0.849. The van der Waals surface area contributed by atoms with E-state index >= 15 is 0 Å². The number of aromatic nitrogens is 2. The van der Waals surface area contributed by atoms with Gasteiger partial charge in [-0.2, -0.15) is 5.10 Å². The minimum atomic E-state index is -3.93. The zero-order valence-corrected chi connectivity index (χ0v) is 12.1. The Morgan fingerprint density at radius 3 is 2.62 bits per heavy atom. The summed E-state index contributed by atoms with van der Waals surface area (Å²) in [6, 6.07) is 5.07. The molecule has 2 rings (SSSR count). The minimum absolute atomic E-state index is 0.0827. The van der Waals surface area contributed by atoms with Crippen molar-refractivity contribution in [1.82, 2.24) is 9.78 Å². The van der Waals surface area contributed by atoms with Crippen molar-refractivity contribution in [1.29, 1.82) is 0 Å². The van der Waals surface area contributed by atoms with Gasteiger partial charge in [0.2, 0.25) is 0 Å². The molecule has 1 aromatic heterocycles. The lowest BCUT2D eigenvalue weighted by Gasteiger charge is -2.09. The Hall–Kier alpha value is -2.55. The third-order valence-electron chi connectivity index (χ3n) is 2.66. The van der Waals surface area contributed by atoms with E-state index in [4.69, 9.17) is 9.84 Å². The number of rotatable bonds is 5. The lowest BCUT2D eigenvalue weighted by atomic mass is 10.2.